The van der Waals surface area contributed by atoms with Crippen LogP contribution >= 0.6 is 0 Å². The van der Waals surface area contributed by atoms with E-state index in [0.717, 1.165) is 25.3 Å². The molecule has 2 aliphatic carbocycles. The average molecular weight is 268 g/mol. The van der Waals surface area contributed by atoms with Crippen molar-refractivity contribution in [2.75, 3.05) is 6.54 Å². The van der Waals surface area contributed by atoms with Crippen molar-refractivity contribution in [2.24, 2.45) is 17.1 Å². The Morgan fingerprint density at radius 2 is 1.89 bits per heavy atom. The van der Waals surface area contributed by atoms with Gasteiger partial charge in [0.05, 0.1) is 0 Å². The van der Waals surface area contributed by atoms with Crippen LogP contribution in [0.25, 0.3) is 0 Å². The standard InChI is InChI=1S/C15H28N2O2/c1-14(2,3)19-13(18)17-12-8-15(9-12)6-4-11(10-16)5-7-15/h11-12H,4-10,16H2,1-3H3,(H,17,18). The van der Waals surface area contributed by atoms with Gasteiger partial charge in [0, 0.05) is 6.04 Å². The molecule has 0 unspecified atom stereocenters. The van der Waals surface area contributed by atoms with Gasteiger partial charge in [-0.05, 0) is 77.2 Å². The maximum absolute atomic E-state index is 11.7. The summed E-state index contributed by atoms with van der Waals surface area (Å²) >= 11 is 0. The molecule has 0 aromatic carbocycles. The van der Waals surface area contributed by atoms with Gasteiger partial charge < -0.3 is 15.8 Å². The van der Waals surface area contributed by atoms with Crippen LogP contribution in [0.15, 0.2) is 0 Å². The van der Waals surface area contributed by atoms with Crippen molar-refractivity contribution in [1.29, 1.82) is 0 Å². The SMILES string of the molecule is CC(C)(C)OC(=O)NC1CC2(CCC(CN)CC2)C1. The van der Waals surface area contributed by atoms with Crippen molar-refractivity contribution in [3.63, 3.8) is 0 Å². The first kappa shape index (κ1) is 14.6. The molecular weight excluding hydrogens is 240 g/mol. The van der Waals surface area contributed by atoms with E-state index in [9.17, 15) is 4.79 Å². The fourth-order valence-electron chi connectivity index (χ4n) is 3.50. The highest BCUT2D eigenvalue weighted by atomic mass is 16.6. The van der Waals surface area contributed by atoms with Crippen LogP contribution in [0.2, 0.25) is 0 Å². The van der Waals surface area contributed by atoms with Gasteiger partial charge in [0.2, 0.25) is 0 Å². The molecule has 4 nitrogen and oxygen atoms in total. The number of carbonyl (C=O) groups excluding carboxylic acids is 1. The van der Waals surface area contributed by atoms with Gasteiger partial charge in [0.25, 0.3) is 0 Å². The van der Waals surface area contributed by atoms with Crippen LogP contribution in [-0.2, 0) is 4.74 Å². The zero-order valence-electron chi connectivity index (χ0n) is 12.5. The topological polar surface area (TPSA) is 64.3 Å². The van der Waals surface area contributed by atoms with Gasteiger partial charge in [0.1, 0.15) is 5.60 Å². The number of rotatable bonds is 2. The first-order valence-electron chi connectivity index (χ1n) is 7.51. The minimum Gasteiger partial charge on any atom is -0.444 e. The van der Waals surface area contributed by atoms with Crippen molar-refractivity contribution in [2.45, 2.75) is 70.9 Å². The molecule has 0 saturated heterocycles. The van der Waals surface area contributed by atoms with E-state index < -0.39 is 5.60 Å². The average Bonchev–Trinajstić information content (AvgIpc) is 2.25. The predicted octanol–water partition coefficient (Wildman–Crippen LogP) is 2.81. The molecule has 0 heterocycles. The van der Waals surface area contributed by atoms with Gasteiger partial charge in [-0.3, -0.25) is 0 Å². The molecule has 2 fully saturated rings. The predicted molar refractivity (Wildman–Crippen MR) is 75.8 cm³/mol. The molecule has 0 bridgehead atoms. The Morgan fingerprint density at radius 3 is 2.37 bits per heavy atom. The van der Waals surface area contributed by atoms with Crippen LogP contribution in [0.3, 0.4) is 0 Å². The van der Waals surface area contributed by atoms with Gasteiger partial charge in [-0.1, -0.05) is 0 Å². The fourth-order valence-corrected chi connectivity index (χ4v) is 3.50. The van der Waals surface area contributed by atoms with Crippen LogP contribution in [0.1, 0.15) is 59.3 Å². The van der Waals surface area contributed by atoms with E-state index in [2.05, 4.69) is 5.32 Å². The van der Waals surface area contributed by atoms with Gasteiger partial charge in [0.15, 0.2) is 0 Å². The maximum atomic E-state index is 11.7. The summed E-state index contributed by atoms with van der Waals surface area (Å²) in [5.41, 5.74) is 5.81. The van der Waals surface area contributed by atoms with Crippen LogP contribution in [0, 0.1) is 11.3 Å². The number of carbonyl (C=O) groups is 1. The summed E-state index contributed by atoms with van der Waals surface area (Å²) in [4.78, 5) is 11.7. The first-order valence-corrected chi connectivity index (χ1v) is 7.51. The highest BCUT2D eigenvalue weighted by molar-refractivity contribution is 5.68. The summed E-state index contributed by atoms with van der Waals surface area (Å²) in [7, 11) is 0. The third kappa shape index (κ3) is 3.85. The van der Waals surface area contributed by atoms with Crippen molar-refractivity contribution in [3.05, 3.63) is 0 Å². The Morgan fingerprint density at radius 1 is 1.32 bits per heavy atom. The molecule has 19 heavy (non-hydrogen) atoms. The highest BCUT2D eigenvalue weighted by Gasteiger charge is 2.46. The number of nitrogens with two attached hydrogens (primary N) is 1. The second-order valence-corrected chi connectivity index (χ2v) is 7.43. The highest BCUT2D eigenvalue weighted by Crippen LogP contribution is 2.52. The molecule has 110 valence electrons. The second kappa shape index (κ2) is 5.31. The summed E-state index contributed by atoms with van der Waals surface area (Å²) in [6.45, 7) is 6.50. The summed E-state index contributed by atoms with van der Waals surface area (Å²) in [5, 5.41) is 2.98. The molecule has 0 radical (unpaired) electrons. The van der Waals surface area contributed by atoms with E-state index in [1.165, 1.54) is 25.7 Å². The summed E-state index contributed by atoms with van der Waals surface area (Å²) in [6, 6.07) is 0.310. The minimum atomic E-state index is -0.412. The van der Waals surface area contributed by atoms with E-state index in [-0.39, 0.29) is 6.09 Å². The Kier molecular flexibility index (Phi) is 4.09. The van der Waals surface area contributed by atoms with Gasteiger partial charge in [-0.25, -0.2) is 4.79 Å². The molecule has 1 amide bonds. The fraction of sp³-hybridized carbons (Fsp3) is 0.933. The summed E-state index contributed by atoms with van der Waals surface area (Å²) in [5.74, 6) is 0.725. The van der Waals surface area contributed by atoms with Crippen molar-refractivity contribution < 1.29 is 9.53 Å². The van der Waals surface area contributed by atoms with E-state index in [0.29, 0.717) is 11.5 Å². The largest absolute Gasteiger partial charge is 0.444 e. The molecular formula is C15H28N2O2. The van der Waals surface area contributed by atoms with E-state index in [4.69, 9.17) is 10.5 Å². The normalized spacial score (nSPS) is 34.7. The molecule has 1 spiro atoms. The third-order valence-electron chi connectivity index (χ3n) is 4.58. The Hall–Kier alpha value is -0.770. The van der Waals surface area contributed by atoms with Crippen LogP contribution in [0.5, 0.6) is 0 Å². The summed E-state index contributed by atoms with van der Waals surface area (Å²) < 4.78 is 5.29. The number of nitrogens with one attached hydrogen (secondary N) is 1. The second-order valence-electron chi connectivity index (χ2n) is 7.43. The molecule has 4 heteroatoms. The lowest BCUT2D eigenvalue weighted by atomic mass is 9.57. The van der Waals surface area contributed by atoms with E-state index in [1.54, 1.807) is 0 Å². The molecule has 2 aliphatic rings. The molecule has 0 atom stereocenters. The van der Waals surface area contributed by atoms with Crippen molar-refractivity contribution in [3.8, 4) is 0 Å². The number of amides is 1. The lowest BCUT2D eigenvalue weighted by Gasteiger charge is -2.51. The molecule has 0 aromatic heterocycles. The molecule has 0 aliphatic heterocycles. The third-order valence-corrected chi connectivity index (χ3v) is 4.58. The minimum absolute atomic E-state index is 0.275. The molecule has 2 saturated carbocycles. The number of hydrogen-bond acceptors (Lipinski definition) is 3. The van der Waals surface area contributed by atoms with Crippen LogP contribution < -0.4 is 11.1 Å². The van der Waals surface area contributed by atoms with Crippen LogP contribution in [0.4, 0.5) is 4.79 Å². The smallest absolute Gasteiger partial charge is 0.407 e. The first-order chi connectivity index (χ1) is 8.82. The number of hydrogen-bond donors (Lipinski definition) is 2. The molecule has 0 aromatic rings. The van der Waals surface area contributed by atoms with Gasteiger partial charge in [-0.15, -0.1) is 0 Å². The molecule has 2 rings (SSSR count). The Balaban J connectivity index is 1.70. The lowest BCUT2D eigenvalue weighted by molar-refractivity contribution is 0.00887. The van der Waals surface area contributed by atoms with Crippen molar-refractivity contribution >= 4 is 6.09 Å². The Labute approximate surface area is 116 Å². The Bertz CT molecular complexity index is 320. The van der Waals surface area contributed by atoms with E-state index >= 15 is 0 Å². The van der Waals surface area contributed by atoms with Gasteiger partial charge >= 0.3 is 6.09 Å². The van der Waals surface area contributed by atoms with Crippen molar-refractivity contribution in [1.82, 2.24) is 5.32 Å². The number of alkyl carbamates (subject to hydrolysis) is 1. The maximum Gasteiger partial charge on any atom is 0.407 e. The van der Waals surface area contributed by atoms with E-state index in [1.807, 2.05) is 20.8 Å². The molecule has 3 N–H and O–H groups in total. The monoisotopic (exact) mass is 268 g/mol. The zero-order chi connectivity index (χ0) is 14.1. The van der Waals surface area contributed by atoms with Crippen LogP contribution in [-0.4, -0.2) is 24.3 Å². The summed E-state index contributed by atoms with van der Waals surface area (Å²) in [6.07, 6.45) is 7.03. The van der Waals surface area contributed by atoms with Gasteiger partial charge in [-0.2, -0.15) is 0 Å². The number of ether oxygens (including phenoxy) is 1. The lowest BCUT2D eigenvalue weighted by Crippen LogP contribution is -2.53. The quantitative estimate of drug-likeness (QED) is 0.809. The zero-order valence-corrected chi connectivity index (χ0v) is 12.5.